The van der Waals surface area contributed by atoms with Crippen molar-refractivity contribution in [2.75, 3.05) is 18.1 Å². The first-order valence-corrected chi connectivity index (χ1v) is 8.71. The first-order chi connectivity index (χ1) is 8.60. The highest BCUT2D eigenvalue weighted by atomic mass is 32.2. The fourth-order valence-corrected chi connectivity index (χ4v) is 5.08. The predicted molar refractivity (Wildman–Crippen MR) is 80.2 cm³/mol. The first kappa shape index (κ1) is 14.7. The van der Waals surface area contributed by atoms with E-state index in [2.05, 4.69) is 19.2 Å². The summed E-state index contributed by atoms with van der Waals surface area (Å²) >= 11 is 2.00. The third kappa shape index (κ3) is 3.05. The number of thioether (sulfide) groups is 1. The highest BCUT2D eigenvalue weighted by Crippen LogP contribution is 2.42. The largest absolute Gasteiger partial charge is 0.394 e. The van der Waals surface area contributed by atoms with Crippen molar-refractivity contribution in [2.24, 2.45) is 5.41 Å². The Morgan fingerprint density at radius 3 is 2.39 bits per heavy atom. The molecule has 2 fully saturated rings. The van der Waals surface area contributed by atoms with Crippen LogP contribution in [0.15, 0.2) is 0 Å². The van der Waals surface area contributed by atoms with Crippen molar-refractivity contribution < 1.29 is 5.11 Å². The van der Waals surface area contributed by atoms with Crippen molar-refractivity contribution in [3.8, 4) is 0 Å². The van der Waals surface area contributed by atoms with Crippen LogP contribution in [-0.2, 0) is 0 Å². The summed E-state index contributed by atoms with van der Waals surface area (Å²) < 4.78 is 0. The Kier molecular flexibility index (Phi) is 5.01. The maximum absolute atomic E-state index is 10.0. The SMILES string of the molecule is CC1(C)CCSCC1(CO)NC1CCCCCC1. The molecule has 1 atom stereocenters. The van der Waals surface area contributed by atoms with Gasteiger partial charge in [-0.3, -0.25) is 0 Å². The molecule has 1 aliphatic carbocycles. The molecule has 1 saturated heterocycles. The summed E-state index contributed by atoms with van der Waals surface area (Å²) in [5, 5.41) is 13.9. The summed E-state index contributed by atoms with van der Waals surface area (Å²) in [7, 11) is 0. The van der Waals surface area contributed by atoms with Crippen molar-refractivity contribution in [3.05, 3.63) is 0 Å². The Bertz CT molecular complexity index is 261. The Hall–Kier alpha value is 0.270. The third-order valence-corrected chi connectivity index (χ3v) is 6.31. The van der Waals surface area contributed by atoms with E-state index in [4.69, 9.17) is 0 Å². The zero-order valence-corrected chi connectivity index (χ0v) is 12.8. The second-order valence-corrected chi connectivity index (χ2v) is 7.86. The lowest BCUT2D eigenvalue weighted by molar-refractivity contribution is 0.0480. The molecule has 2 nitrogen and oxygen atoms in total. The van der Waals surface area contributed by atoms with Crippen molar-refractivity contribution in [1.82, 2.24) is 5.32 Å². The molecule has 18 heavy (non-hydrogen) atoms. The van der Waals surface area contributed by atoms with Crippen LogP contribution in [0.2, 0.25) is 0 Å². The Morgan fingerprint density at radius 2 is 1.83 bits per heavy atom. The van der Waals surface area contributed by atoms with E-state index in [1.54, 1.807) is 0 Å². The smallest absolute Gasteiger partial charge is 0.0626 e. The monoisotopic (exact) mass is 271 g/mol. The molecule has 0 bridgehead atoms. The quantitative estimate of drug-likeness (QED) is 0.773. The maximum atomic E-state index is 10.0. The molecule has 0 aromatic carbocycles. The van der Waals surface area contributed by atoms with Crippen LogP contribution in [0.3, 0.4) is 0 Å². The summed E-state index contributed by atoms with van der Waals surface area (Å²) in [6, 6.07) is 0.623. The molecule has 2 rings (SSSR count). The lowest BCUT2D eigenvalue weighted by Gasteiger charge is -2.51. The van der Waals surface area contributed by atoms with E-state index < -0.39 is 0 Å². The van der Waals surface area contributed by atoms with Crippen molar-refractivity contribution in [2.45, 2.75) is 70.4 Å². The molecule has 0 aromatic rings. The molecule has 1 saturated carbocycles. The van der Waals surface area contributed by atoms with E-state index in [0.29, 0.717) is 6.04 Å². The number of aliphatic hydroxyl groups excluding tert-OH is 1. The van der Waals surface area contributed by atoms with Crippen LogP contribution >= 0.6 is 11.8 Å². The molecule has 1 aliphatic heterocycles. The fourth-order valence-electron chi connectivity index (χ4n) is 3.37. The number of hydrogen-bond acceptors (Lipinski definition) is 3. The van der Waals surface area contributed by atoms with Crippen molar-refractivity contribution >= 4 is 11.8 Å². The summed E-state index contributed by atoms with van der Waals surface area (Å²) in [5.74, 6) is 2.30. The van der Waals surface area contributed by atoms with Gasteiger partial charge in [0, 0.05) is 11.8 Å². The standard InChI is InChI=1S/C15H29NOS/c1-14(2)9-10-18-12-15(14,11-17)16-13-7-5-3-4-6-8-13/h13,16-17H,3-12H2,1-2H3. The third-order valence-electron chi connectivity index (χ3n) is 5.12. The summed E-state index contributed by atoms with van der Waals surface area (Å²) in [4.78, 5) is 0. The molecule has 1 heterocycles. The number of aliphatic hydroxyl groups is 1. The van der Waals surface area contributed by atoms with E-state index in [9.17, 15) is 5.11 Å². The van der Waals surface area contributed by atoms with E-state index >= 15 is 0 Å². The van der Waals surface area contributed by atoms with E-state index in [0.717, 1.165) is 5.75 Å². The predicted octanol–water partition coefficient (Wildman–Crippen LogP) is 3.19. The van der Waals surface area contributed by atoms with Gasteiger partial charge in [-0.1, -0.05) is 39.5 Å². The second kappa shape index (κ2) is 6.15. The van der Waals surface area contributed by atoms with E-state index in [-0.39, 0.29) is 17.6 Å². The van der Waals surface area contributed by atoms with Crippen molar-refractivity contribution in [1.29, 1.82) is 0 Å². The average Bonchev–Trinajstić information content (AvgIpc) is 2.60. The topological polar surface area (TPSA) is 32.3 Å². The summed E-state index contributed by atoms with van der Waals surface area (Å²) in [6.07, 6.45) is 9.29. The molecule has 3 heteroatoms. The van der Waals surface area contributed by atoms with Gasteiger partial charge < -0.3 is 10.4 Å². The van der Waals surface area contributed by atoms with Crippen LogP contribution in [0, 0.1) is 5.41 Å². The van der Waals surface area contributed by atoms with Crippen LogP contribution in [0.1, 0.15) is 58.8 Å². The van der Waals surface area contributed by atoms with Gasteiger partial charge >= 0.3 is 0 Å². The van der Waals surface area contributed by atoms with Crippen LogP contribution < -0.4 is 5.32 Å². The van der Waals surface area contributed by atoms with Gasteiger partial charge in [0.2, 0.25) is 0 Å². The highest BCUT2D eigenvalue weighted by molar-refractivity contribution is 7.99. The molecular formula is C15H29NOS. The van der Waals surface area contributed by atoms with E-state index in [1.807, 2.05) is 11.8 Å². The first-order valence-electron chi connectivity index (χ1n) is 7.56. The van der Waals surface area contributed by atoms with Gasteiger partial charge in [-0.25, -0.2) is 0 Å². The average molecular weight is 271 g/mol. The Balaban J connectivity index is 2.06. The molecule has 2 N–H and O–H groups in total. The van der Waals surface area contributed by atoms with Crippen LogP contribution in [0.5, 0.6) is 0 Å². The van der Waals surface area contributed by atoms with Gasteiger partial charge in [0.15, 0.2) is 0 Å². The summed E-state index contributed by atoms with van der Waals surface area (Å²) in [5.41, 5.74) is 0.143. The molecule has 0 radical (unpaired) electrons. The number of nitrogens with one attached hydrogen (secondary N) is 1. The minimum Gasteiger partial charge on any atom is -0.394 e. The molecule has 0 aromatic heterocycles. The molecule has 1 unspecified atom stereocenters. The number of rotatable bonds is 3. The van der Waals surface area contributed by atoms with Crippen LogP contribution in [0.25, 0.3) is 0 Å². The van der Waals surface area contributed by atoms with Crippen LogP contribution in [-0.4, -0.2) is 34.8 Å². The minimum atomic E-state index is -0.0646. The zero-order chi connectivity index (χ0) is 13.1. The maximum Gasteiger partial charge on any atom is 0.0626 e. The van der Waals surface area contributed by atoms with Gasteiger partial charge in [-0.15, -0.1) is 0 Å². The fraction of sp³-hybridized carbons (Fsp3) is 1.00. The van der Waals surface area contributed by atoms with Gasteiger partial charge in [0.25, 0.3) is 0 Å². The van der Waals surface area contributed by atoms with E-state index in [1.165, 1.54) is 50.7 Å². The molecule has 0 amide bonds. The lowest BCUT2D eigenvalue weighted by Crippen LogP contribution is -2.65. The molecule has 2 aliphatic rings. The van der Waals surface area contributed by atoms with Gasteiger partial charge in [-0.05, 0) is 30.4 Å². The van der Waals surface area contributed by atoms with Gasteiger partial charge in [0.05, 0.1) is 12.1 Å². The second-order valence-electron chi connectivity index (χ2n) is 6.76. The number of hydrogen-bond donors (Lipinski definition) is 2. The Labute approximate surface area is 116 Å². The Morgan fingerprint density at radius 1 is 1.17 bits per heavy atom. The summed E-state index contributed by atoms with van der Waals surface area (Å²) in [6.45, 7) is 4.93. The lowest BCUT2D eigenvalue weighted by atomic mass is 9.70. The zero-order valence-electron chi connectivity index (χ0n) is 12.0. The molecular weight excluding hydrogens is 242 g/mol. The van der Waals surface area contributed by atoms with Crippen molar-refractivity contribution in [3.63, 3.8) is 0 Å². The molecule has 106 valence electrons. The van der Waals surface area contributed by atoms with Gasteiger partial charge in [-0.2, -0.15) is 11.8 Å². The molecule has 0 spiro atoms. The minimum absolute atomic E-state index is 0.0646. The highest BCUT2D eigenvalue weighted by Gasteiger charge is 2.47. The van der Waals surface area contributed by atoms with Crippen LogP contribution in [0.4, 0.5) is 0 Å². The normalized spacial score (nSPS) is 34.2. The van der Waals surface area contributed by atoms with Gasteiger partial charge in [0.1, 0.15) is 0 Å².